The van der Waals surface area contributed by atoms with Crippen LogP contribution in [0.25, 0.3) is 0 Å². The lowest BCUT2D eigenvalue weighted by atomic mass is 10.1. The highest BCUT2D eigenvalue weighted by molar-refractivity contribution is 7.10. The van der Waals surface area contributed by atoms with Crippen molar-refractivity contribution in [3.63, 3.8) is 0 Å². The molecule has 1 aromatic rings. The molecule has 108 valence electrons. The van der Waals surface area contributed by atoms with Crippen molar-refractivity contribution in [1.29, 1.82) is 0 Å². The number of nitrogens with one attached hydrogen (secondary N) is 1. The predicted molar refractivity (Wildman–Crippen MR) is 84.9 cm³/mol. The number of hydrogen-bond acceptors (Lipinski definition) is 3. The first-order chi connectivity index (χ1) is 9.25. The minimum Gasteiger partial charge on any atom is -0.316 e. The Kier molecular flexibility index (Phi) is 6.35. The fourth-order valence-electron chi connectivity index (χ4n) is 2.65. The van der Waals surface area contributed by atoms with Crippen LogP contribution in [0.15, 0.2) is 11.4 Å². The van der Waals surface area contributed by atoms with E-state index in [1.807, 2.05) is 11.3 Å². The fourth-order valence-corrected chi connectivity index (χ4v) is 3.54. The second-order valence-corrected chi connectivity index (χ2v) is 7.05. The molecule has 19 heavy (non-hydrogen) atoms. The molecule has 2 rings (SSSR count). The largest absolute Gasteiger partial charge is 0.316 e. The van der Waals surface area contributed by atoms with Crippen molar-refractivity contribution in [2.24, 2.45) is 5.92 Å². The predicted octanol–water partition coefficient (Wildman–Crippen LogP) is 3.52. The van der Waals surface area contributed by atoms with Crippen LogP contribution < -0.4 is 5.32 Å². The number of hydrogen-bond donors (Lipinski definition) is 1. The molecule has 0 saturated heterocycles. The van der Waals surface area contributed by atoms with E-state index in [2.05, 4.69) is 35.5 Å². The molecule has 2 heterocycles. The number of rotatable bonds is 8. The lowest BCUT2D eigenvalue weighted by molar-refractivity contribution is 0.250. The summed E-state index contributed by atoms with van der Waals surface area (Å²) in [5.41, 5.74) is 1.58. The summed E-state index contributed by atoms with van der Waals surface area (Å²) in [5, 5.41) is 5.77. The molecular weight excluding hydrogens is 252 g/mol. The SMILES string of the molecule is CC(C)CNCCCCCN1CCc2sccc2C1. The maximum atomic E-state index is 3.52. The Balaban J connectivity index is 1.50. The van der Waals surface area contributed by atoms with Gasteiger partial charge in [-0.05, 0) is 61.8 Å². The third kappa shape index (κ3) is 5.25. The van der Waals surface area contributed by atoms with E-state index in [0.29, 0.717) is 0 Å². The first-order valence-electron chi connectivity index (χ1n) is 7.74. The summed E-state index contributed by atoms with van der Waals surface area (Å²) in [4.78, 5) is 4.24. The molecule has 0 saturated carbocycles. The van der Waals surface area contributed by atoms with Gasteiger partial charge in [-0.25, -0.2) is 0 Å². The smallest absolute Gasteiger partial charge is 0.0244 e. The molecule has 0 unspecified atom stereocenters. The van der Waals surface area contributed by atoms with Gasteiger partial charge in [0.2, 0.25) is 0 Å². The van der Waals surface area contributed by atoms with Crippen LogP contribution in [0.4, 0.5) is 0 Å². The van der Waals surface area contributed by atoms with E-state index in [-0.39, 0.29) is 0 Å². The Morgan fingerprint density at radius 2 is 2.21 bits per heavy atom. The monoisotopic (exact) mass is 280 g/mol. The number of fused-ring (bicyclic) bond motifs is 1. The second-order valence-electron chi connectivity index (χ2n) is 6.05. The third-order valence-electron chi connectivity index (χ3n) is 3.77. The quantitative estimate of drug-likeness (QED) is 0.733. The zero-order valence-electron chi connectivity index (χ0n) is 12.5. The van der Waals surface area contributed by atoms with Gasteiger partial charge in [0, 0.05) is 18.0 Å². The summed E-state index contributed by atoms with van der Waals surface area (Å²) in [6.45, 7) is 10.6. The molecule has 0 amide bonds. The first kappa shape index (κ1) is 15.0. The third-order valence-corrected chi connectivity index (χ3v) is 4.79. The van der Waals surface area contributed by atoms with Gasteiger partial charge in [0.15, 0.2) is 0 Å². The van der Waals surface area contributed by atoms with Crippen molar-refractivity contribution in [2.45, 2.75) is 46.1 Å². The van der Waals surface area contributed by atoms with Gasteiger partial charge in [-0.15, -0.1) is 11.3 Å². The molecular formula is C16H28N2S. The summed E-state index contributed by atoms with van der Waals surface area (Å²) in [5.74, 6) is 0.771. The molecule has 2 nitrogen and oxygen atoms in total. The van der Waals surface area contributed by atoms with Crippen molar-refractivity contribution in [2.75, 3.05) is 26.2 Å². The van der Waals surface area contributed by atoms with Crippen LogP contribution in [0.3, 0.4) is 0 Å². The van der Waals surface area contributed by atoms with Crippen molar-refractivity contribution in [1.82, 2.24) is 10.2 Å². The molecule has 0 bridgehead atoms. The summed E-state index contributed by atoms with van der Waals surface area (Å²) >= 11 is 1.93. The van der Waals surface area contributed by atoms with E-state index in [9.17, 15) is 0 Å². The van der Waals surface area contributed by atoms with Gasteiger partial charge < -0.3 is 5.32 Å². The van der Waals surface area contributed by atoms with Crippen molar-refractivity contribution in [3.05, 3.63) is 21.9 Å². The van der Waals surface area contributed by atoms with Gasteiger partial charge >= 0.3 is 0 Å². The van der Waals surface area contributed by atoms with E-state index >= 15 is 0 Å². The average Bonchev–Trinajstić information content (AvgIpc) is 2.84. The van der Waals surface area contributed by atoms with Crippen LogP contribution in [-0.4, -0.2) is 31.1 Å². The van der Waals surface area contributed by atoms with E-state index < -0.39 is 0 Å². The van der Waals surface area contributed by atoms with E-state index in [1.165, 1.54) is 51.9 Å². The van der Waals surface area contributed by atoms with Gasteiger partial charge in [-0.1, -0.05) is 20.3 Å². The van der Waals surface area contributed by atoms with E-state index in [4.69, 9.17) is 0 Å². The Bertz CT molecular complexity index is 359. The van der Waals surface area contributed by atoms with Gasteiger partial charge in [-0.2, -0.15) is 0 Å². The van der Waals surface area contributed by atoms with Gasteiger partial charge in [-0.3, -0.25) is 4.90 Å². The molecule has 0 spiro atoms. The maximum absolute atomic E-state index is 3.52. The highest BCUT2D eigenvalue weighted by Crippen LogP contribution is 2.24. The zero-order valence-corrected chi connectivity index (χ0v) is 13.3. The van der Waals surface area contributed by atoms with Crippen LogP contribution in [0.2, 0.25) is 0 Å². The van der Waals surface area contributed by atoms with Crippen LogP contribution in [-0.2, 0) is 13.0 Å². The van der Waals surface area contributed by atoms with Gasteiger partial charge in [0.1, 0.15) is 0 Å². The molecule has 1 aliphatic heterocycles. The number of unbranched alkanes of at least 4 members (excludes halogenated alkanes) is 2. The number of thiophene rings is 1. The summed E-state index contributed by atoms with van der Waals surface area (Å²) < 4.78 is 0. The Labute approximate surface area is 122 Å². The zero-order chi connectivity index (χ0) is 13.5. The minimum atomic E-state index is 0.771. The van der Waals surface area contributed by atoms with Crippen LogP contribution >= 0.6 is 11.3 Å². The molecule has 0 aromatic carbocycles. The normalized spacial score (nSPS) is 15.9. The average molecular weight is 280 g/mol. The molecule has 0 aliphatic carbocycles. The van der Waals surface area contributed by atoms with Crippen LogP contribution in [0.1, 0.15) is 43.6 Å². The standard InChI is InChI=1S/C16H28N2S/c1-14(2)12-17-8-4-3-5-9-18-10-6-16-15(13-18)7-11-19-16/h7,11,14,17H,3-6,8-10,12-13H2,1-2H3. The number of nitrogens with zero attached hydrogens (tertiary/aromatic N) is 1. The highest BCUT2D eigenvalue weighted by atomic mass is 32.1. The Hall–Kier alpha value is -0.380. The van der Waals surface area contributed by atoms with Crippen LogP contribution in [0.5, 0.6) is 0 Å². The summed E-state index contributed by atoms with van der Waals surface area (Å²) in [6, 6.07) is 2.31. The topological polar surface area (TPSA) is 15.3 Å². The van der Waals surface area contributed by atoms with Crippen LogP contribution in [0, 0.1) is 5.92 Å². The summed E-state index contributed by atoms with van der Waals surface area (Å²) in [6.07, 6.45) is 5.30. The van der Waals surface area contributed by atoms with Gasteiger partial charge in [0.25, 0.3) is 0 Å². The molecule has 0 fully saturated rings. The molecule has 1 N–H and O–H groups in total. The highest BCUT2D eigenvalue weighted by Gasteiger charge is 2.16. The molecule has 1 aliphatic rings. The molecule has 1 aromatic heterocycles. The second kappa shape index (κ2) is 8.03. The molecule has 0 atom stereocenters. The Morgan fingerprint density at radius 3 is 3.05 bits per heavy atom. The summed E-state index contributed by atoms with van der Waals surface area (Å²) in [7, 11) is 0. The minimum absolute atomic E-state index is 0.771. The fraction of sp³-hybridized carbons (Fsp3) is 0.750. The van der Waals surface area contributed by atoms with Gasteiger partial charge in [0.05, 0.1) is 0 Å². The first-order valence-corrected chi connectivity index (χ1v) is 8.62. The van der Waals surface area contributed by atoms with Crippen molar-refractivity contribution < 1.29 is 0 Å². The molecule has 3 heteroatoms. The van der Waals surface area contributed by atoms with E-state index in [0.717, 1.165) is 12.5 Å². The van der Waals surface area contributed by atoms with E-state index in [1.54, 1.807) is 10.4 Å². The lowest BCUT2D eigenvalue weighted by Crippen LogP contribution is -2.30. The van der Waals surface area contributed by atoms with Crippen molar-refractivity contribution in [3.8, 4) is 0 Å². The molecule has 0 radical (unpaired) electrons. The lowest BCUT2D eigenvalue weighted by Gasteiger charge is -2.26. The van der Waals surface area contributed by atoms with Crippen molar-refractivity contribution >= 4 is 11.3 Å². The maximum Gasteiger partial charge on any atom is 0.0244 e. The Morgan fingerprint density at radius 1 is 1.32 bits per heavy atom.